The van der Waals surface area contributed by atoms with Crippen molar-refractivity contribution >= 4 is 33.3 Å². The molecule has 92 valence electrons. The average Bonchev–Trinajstić information content (AvgIpc) is 2.95. The molecule has 0 bridgehead atoms. The van der Waals surface area contributed by atoms with Crippen LogP contribution in [0, 0.1) is 6.92 Å². The van der Waals surface area contributed by atoms with Gasteiger partial charge in [-0.25, -0.2) is 4.98 Å². The molecule has 0 spiro atoms. The second-order valence-corrected chi connectivity index (χ2v) is 5.59. The summed E-state index contributed by atoms with van der Waals surface area (Å²) in [5, 5.41) is 7.00. The number of aryl methyl sites for hydroxylation is 1. The molecule has 18 heavy (non-hydrogen) atoms. The number of nitrogens with zero attached hydrogens (tertiary/aromatic N) is 2. The van der Waals surface area contributed by atoms with Crippen molar-refractivity contribution in [3.8, 4) is 0 Å². The molecule has 3 rings (SSSR count). The van der Waals surface area contributed by atoms with Crippen LogP contribution in [0.2, 0.25) is 0 Å². The summed E-state index contributed by atoms with van der Waals surface area (Å²) < 4.78 is 4.98. The molecule has 0 saturated heterocycles. The molecule has 0 aliphatic rings. The SMILES string of the molecule is Cc1cc(CSc2nc3sccc3c(=O)[nH]2)no1. The van der Waals surface area contributed by atoms with Crippen LogP contribution in [0.4, 0.5) is 0 Å². The number of rotatable bonds is 3. The highest BCUT2D eigenvalue weighted by Gasteiger charge is 2.07. The minimum absolute atomic E-state index is 0.0971. The van der Waals surface area contributed by atoms with E-state index in [1.807, 2.05) is 18.4 Å². The topological polar surface area (TPSA) is 71.8 Å². The Kier molecular flexibility index (Phi) is 2.92. The number of nitrogens with one attached hydrogen (secondary N) is 1. The van der Waals surface area contributed by atoms with Gasteiger partial charge in [0.1, 0.15) is 10.6 Å². The van der Waals surface area contributed by atoms with Gasteiger partial charge in [-0.1, -0.05) is 16.9 Å². The first-order valence-corrected chi connectivity index (χ1v) is 7.11. The van der Waals surface area contributed by atoms with E-state index in [0.29, 0.717) is 16.3 Å². The first-order chi connectivity index (χ1) is 8.72. The lowest BCUT2D eigenvalue weighted by Crippen LogP contribution is -2.07. The third kappa shape index (κ3) is 2.19. The minimum Gasteiger partial charge on any atom is -0.361 e. The van der Waals surface area contributed by atoms with Gasteiger partial charge in [0.15, 0.2) is 5.16 Å². The summed E-state index contributed by atoms with van der Waals surface area (Å²) >= 11 is 2.90. The lowest BCUT2D eigenvalue weighted by atomic mass is 10.4. The van der Waals surface area contributed by atoms with Crippen molar-refractivity contribution in [1.82, 2.24) is 15.1 Å². The standard InChI is InChI=1S/C11H9N3O2S2/c1-6-4-7(14-16-6)5-18-11-12-9(15)8-2-3-17-10(8)13-11/h2-4H,5H2,1H3,(H,12,13,15). The molecule has 0 amide bonds. The lowest BCUT2D eigenvalue weighted by molar-refractivity contribution is 0.393. The molecular formula is C11H9N3O2S2. The van der Waals surface area contributed by atoms with Gasteiger partial charge >= 0.3 is 0 Å². The summed E-state index contributed by atoms with van der Waals surface area (Å²) in [6.07, 6.45) is 0. The molecule has 0 saturated carbocycles. The maximum Gasteiger partial charge on any atom is 0.260 e. The van der Waals surface area contributed by atoms with Gasteiger partial charge in [-0.05, 0) is 18.4 Å². The van der Waals surface area contributed by atoms with Gasteiger partial charge in [0.05, 0.1) is 11.1 Å². The number of aromatic amines is 1. The summed E-state index contributed by atoms with van der Waals surface area (Å²) in [4.78, 5) is 19.6. The number of hydrogen-bond acceptors (Lipinski definition) is 6. The number of hydrogen-bond donors (Lipinski definition) is 1. The molecule has 0 aliphatic carbocycles. The largest absolute Gasteiger partial charge is 0.361 e. The normalized spacial score (nSPS) is 11.2. The van der Waals surface area contributed by atoms with E-state index in [0.717, 1.165) is 16.3 Å². The first-order valence-electron chi connectivity index (χ1n) is 5.25. The van der Waals surface area contributed by atoms with Crippen LogP contribution in [0.15, 0.2) is 32.0 Å². The van der Waals surface area contributed by atoms with Gasteiger partial charge in [0.2, 0.25) is 0 Å². The Morgan fingerprint density at radius 1 is 1.56 bits per heavy atom. The third-order valence-electron chi connectivity index (χ3n) is 2.35. The second-order valence-electron chi connectivity index (χ2n) is 3.73. The summed E-state index contributed by atoms with van der Waals surface area (Å²) in [5.74, 6) is 1.40. The Morgan fingerprint density at radius 3 is 3.22 bits per heavy atom. The van der Waals surface area contributed by atoms with Crippen molar-refractivity contribution in [2.45, 2.75) is 17.8 Å². The fraction of sp³-hybridized carbons (Fsp3) is 0.182. The van der Waals surface area contributed by atoms with Crippen molar-refractivity contribution in [3.05, 3.63) is 39.3 Å². The highest BCUT2D eigenvalue weighted by atomic mass is 32.2. The van der Waals surface area contributed by atoms with E-state index >= 15 is 0 Å². The van der Waals surface area contributed by atoms with Crippen LogP contribution in [0.1, 0.15) is 11.5 Å². The zero-order valence-electron chi connectivity index (χ0n) is 9.47. The Morgan fingerprint density at radius 2 is 2.44 bits per heavy atom. The molecule has 0 radical (unpaired) electrons. The summed E-state index contributed by atoms with van der Waals surface area (Å²) in [5.41, 5.74) is 0.742. The average molecular weight is 279 g/mol. The minimum atomic E-state index is -0.0971. The van der Waals surface area contributed by atoms with E-state index in [2.05, 4.69) is 15.1 Å². The molecule has 0 aromatic carbocycles. The van der Waals surface area contributed by atoms with Crippen molar-refractivity contribution in [2.24, 2.45) is 0 Å². The molecule has 5 nitrogen and oxygen atoms in total. The van der Waals surface area contributed by atoms with Crippen LogP contribution < -0.4 is 5.56 Å². The zero-order valence-corrected chi connectivity index (χ0v) is 11.1. The van der Waals surface area contributed by atoms with Crippen LogP contribution >= 0.6 is 23.1 Å². The molecule has 3 heterocycles. The van der Waals surface area contributed by atoms with E-state index in [-0.39, 0.29) is 5.56 Å². The Hall–Kier alpha value is -1.60. The van der Waals surface area contributed by atoms with Gasteiger partial charge in [-0.3, -0.25) is 4.79 Å². The highest BCUT2D eigenvalue weighted by Crippen LogP contribution is 2.21. The van der Waals surface area contributed by atoms with Crippen molar-refractivity contribution in [1.29, 1.82) is 0 Å². The summed E-state index contributed by atoms with van der Waals surface area (Å²) in [6.45, 7) is 1.85. The molecule has 0 fully saturated rings. The van der Waals surface area contributed by atoms with Crippen molar-refractivity contribution in [2.75, 3.05) is 0 Å². The molecule has 3 aromatic rings. The monoisotopic (exact) mass is 279 g/mol. The van der Waals surface area contributed by atoms with E-state index in [4.69, 9.17) is 4.52 Å². The highest BCUT2D eigenvalue weighted by molar-refractivity contribution is 7.98. The summed E-state index contributed by atoms with van der Waals surface area (Å²) in [6, 6.07) is 3.65. The van der Waals surface area contributed by atoms with Crippen LogP contribution in [-0.4, -0.2) is 15.1 Å². The molecule has 3 aromatic heterocycles. The number of fused-ring (bicyclic) bond motifs is 1. The molecule has 0 aliphatic heterocycles. The fourth-order valence-corrected chi connectivity index (χ4v) is 3.11. The van der Waals surface area contributed by atoms with Crippen molar-refractivity contribution in [3.63, 3.8) is 0 Å². The quantitative estimate of drug-likeness (QED) is 0.589. The van der Waals surface area contributed by atoms with E-state index in [1.165, 1.54) is 23.1 Å². The van der Waals surface area contributed by atoms with Gasteiger partial charge < -0.3 is 9.51 Å². The third-order valence-corrected chi connectivity index (χ3v) is 4.06. The van der Waals surface area contributed by atoms with Gasteiger partial charge in [0, 0.05) is 11.8 Å². The number of thiophene rings is 1. The predicted molar refractivity (Wildman–Crippen MR) is 71.0 cm³/mol. The van der Waals surface area contributed by atoms with Crippen LogP contribution in [0.5, 0.6) is 0 Å². The predicted octanol–water partition coefficient (Wildman–Crippen LogP) is 2.57. The molecule has 0 atom stereocenters. The maximum absolute atomic E-state index is 11.7. The maximum atomic E-state index is 11.7. The van der Waals surface area contributed by atoms with Gasteiger partial charge in [-0.15, -0.1) is 11.3 Å². The van der Waals surface area contributed by atoms with E-state index < -0.39 is 0 Å². The van der Waals surface area contributed by atoms with Gasteiger partial charge in [0.25, 0.3) is 5.56 Å². The zero-order chi connectivity index (χ0) is 12.5. The number of H-pyrrole nitrogens is 1. The fourth-order valence-electron chi connectivity index (χ4n) is 1.54. The van der Waals surface area contributed by atoms with Crippen LogP contribution in [0.25, 0.3) is 10.2 Å². The molecule has 7 heteroatoms. The Labute approximate surface area is 110 Å². The van der Waals surface area contributed by atoms with Crippen LogP contribution in [0.3, 0.4) is 0 Å². The summed E-state index contributed by atoms with van der Waals surface area (Å²) in [7, 11) is 0. The first kappa shape index (κ1) is 11.5. The number of aromatic nitrogens is 3. The molecular weight excluding hydrogens is 270 g/mol. The Balaban J connectivity index is 1.84. The Bertz CT molecular complexity index is 744. The van der Waals surface area contributed by atoms with Crippen molar-refractivity contribution < 1.29 is 4.52 Å². The van der Waals surface area contributed by atoms with Crippen LogP contribution in [-0.2, 0) is 5.75 Å². The van der Waals surface area contributed by atoms with E-state index in [9.17, 15) is 4.79 Å². The second kappa shape index (κ2) is 4.58. The molecule has 1 N–H and O–H groups in total. The molecule has 0 unspecified atom stereocenters. The smallest absolute Gasteiger partial charge is 0.260 e. The van der Waals surface area contributed by atoms with Gasteiger partial charge in [-0.2, -0.15) is 0 Å². The van der Waals surface area contributed by atoms with E-state index in [1.54, 1.807) is 6.07 Å². The number of thioether (sulfide) groups is 1. The lowest BCUT2D eigenvalue weighted by Gasteiger charge is -1.97.